The molecule has 0 saturated carbocycles. The largest absolute Gasteiger partial charge is 0.307 e. The maximum atomic E-state index is 13.7. The molecule has 0 fully saturated rings. The zero-order valence-electron chi connectivity index (χ0n) is 13.4. The van der Waals surface area contributed by atoms with Gasteiger partial charge < -0.3 is 5.32 Å². The highest BCUT2D eigenvalue weighted by Gasteiger charge is 2.19. The lowest BCUT2D eigenvalue weighted by Gasteiger charge is -2.25. The Morgan fingerprint density at radius 1 is 1.19 bits per heavy atom. The Bertz CT molecular complexity index is 478. The van der Waals surface area contributed by atoms with Crippen molar-refractivity contribution in [2.75, 3.05) is 6.54 Å². The first kappa shape index (κ1) is 16.2. The number of rotatable bonds is 5. The molecule has 0 radical (unpaired) electrons. The molecule has 1 aromatic carbocycles. The lowest BCUT2D eigenvalue weighted by Crippen LogP contribution is -2.25. The number of nitrogens with one attached hydrogen (secondary N) is 1. The molecule has 0 heterocycles. The van der Waals surface area contributed by atoms with Gasteiger partial charge >= 0.3 is 0 Å². The molecule has 21 heavy (non-hydrogen) atoms. The molecule has 0 bridgehead atoms. The predicted molar refractivity (Wildman–Crippen MR) is 88.0 cm³/mol. The molecule has 0 spiro atoms. The molecule has 1 unspecified atom stereocenters. The van der Waals surface area contributed by atoms with E-state index >= 15 is 0 Å². The van der Waals surface area contributed by atoms with Gasteiger partial charge in [0.15, 0.2) is 0 Å². The van der Waals surface area contributed by atoms with Crippen LogP contribution in [0.2, 0.25) is 0 Å². The summed E-state index contributed by atoms with van der Waals surface area (Å²) in [5.41, 5.74) is 3.74. The molecule has 0 aliphatic heterocycles. The van der Waals surface area contributed by atoms with Crippen LogP contribution in [0.4, 0.5) is 4.39 Å². The van der Waals surface area contributed by atoms with Crippen LogP contribution in [0.5, 0.6) is 0 Å². The summed E-state index contributed by atoms with van der Waals surface area (Å²) in [6.07, 6.45) is 11.0. The van der Waals surface area contributed by atoms with Gasteiger partial charge in [0, 0.05) is 0 Å². The second-order valence-corrected chi connectivity index (χ2v) is 6.12. The third-order valence-corrected chi connectivity index (χ3v) is 4.35. The minimum Gasteiger partial charge on any atom is -0.307 e. The third-order valence-electron chi connectivity index (χ3n) is 4.35. The topological polar surface area (TPSA) is 12.0 Å². The summed E-state index contributed by atoms with van der Waals surface area (Å²) < 4.78 is 13.7. The Hall–Kier alpha value is -1.15. The average Bonchev–Trinajstić information content (AvgIpc) is 2.44. The van der Waals surface area contributed by atoms with Crippen molar-refractivity contribution in [1.29, 1.82) is 0 Å². The highest BCUT2D eigenvalue weighted by Crippen LogP contribution is 2.31. The van der Waals surface area contributed by atoms with Crippen LogP contribution < -0.4 is 5.32 Å². The zero-order chi connectivity index (χ0) is 15.1. The van der Waals surface area contributed by atoms with Crippen molar-refractivity contribution >= 4 is 0 Å². The van der Waals surface area contributed by atoms with E-state index in [1.54, 1.807) is 12.1 Å². The molecule has 1 nitrogen and oxygen atoms in total. The minimum atomic E-state index is -0.134. The van der Waals surface area contributed by atoms with Gasteiger partial charge in [-0.25, -0.2) is 4.39 Å². The molecule has 1 N–H and O–H groups in total. The summed E-state index contributed by atoms with van der Waals surface area (Å²) in [7, 11) is 0. The number of aryl methyl sites for hydroxylation is 1. The fraction of sp³-hybridized carbons (Fsp3) is 0.579. The van der Waals surface area contributed by atoms with Crippen LogP contribution >= 0.6 is 0 Å². The Balaban J connectivity index is 2.29. The first-order valence-electron chi connectivity index (χ1n) is 8.40. The van der Waals surface area contributed by atoms with E-state index in [2.05, 4.69) is 25.2 Å². The van der Waals surface area contributed by atoms with Crippen molar-refractivity contribution in [2.45, 2.75) is 64.8 Å². The number of hydrogen-bond acceptors (Lipinski definition) is 1. The molecule has 1 aliphatic rings. The monoisotopic (exact) mass is 289 g/mol. The lowest BCUT2D eigenvalue weighted by molar-refractivity contribution is 0.535. The van der Waals surface area contributed by atoms with Gasteiger partial charge in [-0.2, -0.15) is 0 Å². The smallest absolute Gasteiger partial charge is 0.123 e. The van der Waals surface area contributed by atoms with E-state index in [1.807, 2.05) is 6.07 Å². The standard InChI is InChI=1S/C19H28FN/c1-3-13-21-19(16-9-7-5-4-6-8-10-16)18-14-17(20)12-11-15(18)2/h9,11-12,14,19,21H,3-8,10,13H2,1-2H3/b16-9+. The fourth-order valence-corrected chi connectivity index (χ4v) is 3.13. The molecule has 2 heteroatoms. The molecule has 0 amide bonds. The Morgan fingerprint density at radius 2 is 2.00 bits per heavy atom. The molecule has 0 aromatic heterocycles. The van der Waals surface area contributed by atoms with Crippen LogP contribution in [0.25, 0.3) is 0 Å². The second-order valence-electron chi connectivity index (χ2n) is 6.12. The number of hydrogen-bond donors (Lipinski definition) is 1. The van der Waals surface area contributed by atoms with Gasteiger partial charge in [-0.15, -0.1) is 0 Å². The summed E-state index contributed by atoms with van der Waals surface area (Å²) in [5.74, 6) is -0.134. The molecule has 2 rings (SSSR count). The van der Waals surface area contributed by atoms with Gasteiger partial charge in [0.05, 0.1) is 6.04 Å². The van der Waals surface area contributed by atoms with Gasteiger partial charge in [-0.3, -0.25) is 0 Å². The molecular formula is C19H28FN. The van der Waals surface area contributed by atoms with E-state index in [9.17, 15) is 4.39 Å². The van der Waals surface area contributed by atoms with Crippen molar-refractivity contribution < 1.29 is 4.39 Å². The summed E-state index contributed by atoms with van der Waals surface area (Å²) in [6.45, 7) is 5.23. The van der Waals surface area contributed by atoms with Crippen LogP contribution in [0.15, 0.2) is 29.8 Å². The van der Waals surface area contributed by atoms with Crippen molar-refractivity contribution in [2.24, 2.45) is 0 Å². The predicted octanol–water partition coefficient (Wildman–Crippen LogP) is 5.46. The number of benzene rings is 1. The Morgan fingerprint density at radius 3 is 2.81 bits per heavy atom. The van der Waals surface area contributed by atoms with Crippen molar-refractivity contribution in [3.05, 3.63) is 46.8 Å². The van der Waals surface area contributed by atoms with Gasteiger partial charge in [-0.1, -0.05) is 37.5 Å². The zero-order valence-corrected chi connectivity index (χ0v) is 13.4. The molecular weight excluding hydrogens is 261 g/mol. The minimum absolute atomic E-state index is 0.134. The van der Waals surface area contributed by atoms with Crippen LogP contribution in [-0.4, -0.2) is 6.54 Å². The van der Waals surface area contributed by atoms with Gasteiger partial charge in [0.25, 0.3) is 0 Å². The van der Waals surface area contributed by atoms with E-state index in [0.29, 0.717) is 0 Å². The molecule has 1 aliphatic carbocycles. The SMILES string of the molecule is CCCNC(/C1=C/CCCCCC1)c1cc(F)ccc1C. The summed E-state index contributed by atoms with van der Waals surface area (Å²) >= 11 is 0. The van der Waals surface area contributed by atoms with Gasteiger partial charge in [0.1, 0.15) is 5.82 Å². The maximum Gasteiger partial charge on any atom is 0.123 e. The summed E-state index contributed by atoms with van der Waals surface area (Å²) in [6, 6.07) is 5.35. The quantitative estimate of drug-likeness (QED) is 0.710. The van der Waals surface area contributed by atoms with Crippen molar-refractivity contribution in [3.63, 3.8) is 0 Å². The number of allylic oxidation sites excluding steroid dienone is 1. The van der Waals surface area contributed by atoms with E-state index in [-0.39, 0.29) is 11.9 Å². The molecule has 1 atom stereocenters. The fourth-order valence-electron chi connectivity index (χ4n) is 3.13. The van der Waals surface area contributed by atoms with Crippen molar-refractivity contribution in [3.8, 4) is 0 Å². The van der Waals surface area contributed by atoms with E-state index in [0.717, 1.165) is 31.4 Å². The van der Waals surface area contributed by atoms with E-state index in [1.165, 1.54) is 36.8 Å². The Labute approximate surface area is 128 Å². The first-order valence-corrected chi connectivity index (χ1v) is 8.40. The van der Waals surface area contributed by atoms with E-state index in [4.69, 9.17) is 0 Å². The van der Waals surface area contributed by atoms with Crippen molar-refractivity contribution in [1.82, 2.24) is 5.32 Å². The lowest BCUT2D eigenvalue weighted by atomic mass is 9.89. The van der Waals surface area contributed by atoms with Crippen LogP contribution in [-0.2, 0) is 0 Å². The van der Waals surface area contributed by atoms with Crippen LogP contribution in [0.1, 0.15) is 69.0 Å². The first-order chi connectivity index (χ1) is 10.2. The van der Waals surface area contributed by atoms with Crippen LogP contribution in [0.3, 0.4) is 0 Å². The summed E-state index contributed by atoms with van der Waals surface area (Å²) in [4.78, 5) is 0. The van der Waals surface area contributed by atoms with Gasteiger partial charge in [-0.05, 0) is 68.8 Å². The average molecular weight is 289 g/mol. The van der Waals surface area contributed by atoms with Crippen LogP contribution in [0, 0.1) is 12.7 Å². The highest BCUT2D eigenvalue weighted by atomic mass is 19.1. The highest BCUT2D eigenvalue weighted by molar-refractivity contribution is 5.35. The molecule has 116 valence electrons. The number of halogens is 1. The normalized spacial score (nSPS) is 20.2. The maximum absolute atomic E-state index is 13.7. The second kappa shape index (κ2) is 8.33. The molecule has 0 saturated heterocycles. The van der Waals surface area contributed by atoms with E-state index < -0.39 is 0 Å². The summed E-state index contributed by atoms with van der Waals surface area (Å²) in [5, 5.41) is 3.64. The molecule has 1 aromatic rings. The third kappa shape index (κ3) is 4.67. The Kier molecular flexibility index (Phi) is 6.44. The van der Waals surface area contributed by atoms with Gasteiger partial charge in [0.2, 0.25) is 0 Å².